The quantitative estimate of drug-likeness (QED) is 0.601. The first kappa shape index (κ1) is 10.4. The number of amides is 1. The van der Waals surface area contributed by atoms with Crippen LogP contribution in [0.3, 0.4) is 0 Å². The van der Waals surface area contributed by atoms with E-state index in [2.05, 4.69) is 18.1 Å². The Kier molecular flexibility index (Phi) is 4.08. The molecule has 1 amide bonds. The van der Waals surface area contributed by atoms with Crippen molar-refractivity contribution in [2.45, 2.75) is 25.8 Å². The highest BCUT2D eigenvalue weighted by atomic mass is 16.5. The molecule has 1 rings (SSSR count). The molecule has 0 atom stereocenters. The average molecular weight is 184 g/mol. The van der Waals surface area contributed by atoms with Crippen molar-refractivity contribution in [3.8, 4) is 0 Å². The third kappa shape index (κ3) is 3.68. The van der Waals surface area contributed by atoms with Gasteiger partial charge < -0.3 is 14.9 Å². The van der Waals surface area contributed by atoms with Crippen LogP contribution in [0.25, 0.3) is 0 Å². The van der Waals surface area contributed by atoms with Crippen LogP contribution >= 0.6 is 0 Å². The van der Waals surface area contributed by atoms with Crippen molar-refractivity contribution in [2.24, 2.45) is 0 Å². The number of nitrogens with one attached hydrogen (secondary N) is 1. The van der Waals surface area contributed by atoms with Gasteiger partial charge >= 0.3 is 6.09 Å². The maximum Gasteiger partial charge on any atom is 0.407 e. The Morgan fingerprint density at radius 3 is 2.77 bits per heavy atom. The fraction of sp³-hybridized carbons (Fsp3) is 0.875. The third-order valence-electron chi connectivity index (χ3n) is 2.32. The van der Waals surface area contributed by atoms with Crippen LogP contribution in [0.5, 0.6) is 0 Å². The Labute approximate surface area is 80.0 Å². The lowest BCUT2D eigenvalue weighted by atomic mass is 10.0. The molecule has 0 aliphatic carbocycles. The molecule has 0 bridgehead atoms. The second-order valence-electron chi connectivity index (χ2n) is 3.44. The number of nitrogens with zero attached hydrogens (tertiary/aromatic N) is 1. The molecule has 1 fully saturated rings. The highest BCUT2D eigenvalue weighted by Crippen LogP contribution is 2.07. The van der Waals surface area contributed by atoms with E-state index in [4.69, 9.17) is 4.74 Å². The molecule has 13 heavy (non-hydrogen) atoms. The van der Waals surface area contributed by atoms with Gasteiger partial charge in [-0.15, -0.1) is 0 Å². The summed E-state index contributed by atoms with van der Waals surface area (Å²) in [6.07, 6.45) is 1.77. The Balaban J connectivity index is 2.18. The number of hydrogen-bond acceptors (Lipinski definition) is 3. The minimum absolute atomic E-state index is 0.281. The van der Waals surface area contributed by atoms with E-state index in [1.807, 2.05) is 6.92 Å². The fourth-order valence-corrected chi connectivity index (χ4v) is 1.49. The summed E-state index contributed by atoms with van der Waals surface area (Å²) in [6.45, 7) is 4.36. The van der Waals surface area contributed by atoms with Gasteiger partial charge in [-0.1, -0.05) is 0 Å². The number of hydrogen-bond donors (Lipinski definition) is 1. The van der Waals surface area contributed by atoms with Gasteiger partial charge in [0.25, 0.3) is 0 Å². The molecule has 1 aliphatic rings. The molecule has 0 aromatic carbocycles. The van der Waals surface area contributed by atoms with Crippen LogP contribution in [0.4, 0.5) is 4.79 Å². The molecule has 1 N–H and O–H groups in total. The van der Waals surface area contributed by atoms with Gasteiger partial charge in [0, 0.05) is 6.04 Å². The zero-order chi connectivity index (χ0) is 9.68. The third-order valence-corrected chi connectivity index (χ3v) is 2.32. The van der Waals surface area contributed by atoms with Crippen LogP contribution in [-0.2, 0) is 4.74 Å². The van der Waals surface area contributed by atoms with Crippen LogP contribution in [0, 0.1) is 0 Å². The molecule has 5 heteroatoms. The predicted molar refractivity (Wildman–Crippen MR) is 53.3 cm³/mol. The summed E-state index contributed by atoms with van der Waals surface area (Å²) in [5.74, 6) is 0. The lowest BCUT2D eigenvalue weighted by molar-refractivity contribution is 0.143. The minimum atomic E-state index is -0.281. The van der Waals surface area contributed by atoms with Gasteiger partial charge in [0.15, 0.2) is 7.98 Å². The van der Waals surface area contributed by atoms with Crippen molar-refractivity contribution in [1.82, 2.24) is 10.1 Å². The van der Waals surface area contributed by atoms with E-state index in [9.17, 15) is 4.79 Å². The number of piperidine rings is 1. The summed E-state index contributed by atoms with van der Waals surface area (Å²) in [6, 6.07) is 0.301. The summed E-state index contributed by atoms with van der Waals surface area (Å²) >= 11 is 0. The van der Waals surface area contributed by atoms with Crippen molar-refractivity contribution < 1.29 is 9.53 Å². The second kappa shape index (κ2) is 5.12. The van der Waals surface area contributed by atoms with E-state index in [1.165, 1.54) is 0 Å². The molecule has 0 saturated carbocycles. The first-order chi connectivity index (χ1) is 6.22. The van der Waals surface area contributed by atoms with Crippen LogP contribution in [-0.4, -0.2) is 44.6 Å². The molecule has 74 valence electrons. The van der Waals surface area contributed by atoms with Crippen molar-refractivity contribution in [1.29, 1.82) is 0 Å². The highest BCUT2D eigenvalue weighted by molar-refractivity contribution is 6.04. The number of carbonyl (C=O) groups is 1. The first-order valence-corrected chi connectivity index (χ1v) is 4.84. The summed E-state index contributed by atoms with van der Waals surface area (Å²) < 4.78 is 4.81. The standard InChI is InChI=1S/C8H17BN2O2/c1-2-13-8(12)10-7-3-5-11(9)6-4-7/h7H,2-6,9H2,1H3,(H,10,12). The zero-order valence-corrected chi connectivity index (χ0v) is 8.38. The van der Waals surface area contributed by atoms with Gasteiger partial charge in [-0.25, -0.2) is 4.79 Å². The molecule has 1 heterocycles. The van der Waals surface area contributed by atoms with Crippen molar-refractivity contribution in [3.05, 3.63) is 0 Å². The molecule has 0 spiro atoms. The highest BCUT2D eigenvalue weighted by Gasteiger charge is 2.18. The topological polar surface area (TPSA) is 41.6 Å². The Bertz CT molecular complexity index is 170. The maximum absolute atomic E-state index is 11.0. The summed E-state index contributed by atoms with van der Waals surface area (Å²) in [5.41, 5.74) is 0. The van der Waals surface area contributed by atoms with Gasteiger partial charge in [0.1, 0.15) is 0 Å². The minimum Gasteiger partial charge on any atom is -0.450 e. The SMILES string of the molecule is BN1CCC(NC(=O)OCC)CC1. The van der Waals surface area contributed by atoms with Gasteiger partial charge in [-0.05, 0) is 32.9 Å². The van der Waals surface area contributed by atoms with Gasteiger partial charge in [0.05, 0.1) is 6.61 Å². The second-order valence-corrected chi connectivity index (χ2v) is 3.44. The van der Waals surface area contributed by atoms with Crippen LogP contribution in [0.1, 0.15) is 19.8 Å². The van der Waals surface area contributed by atoms with Gasteiger partial charge in [0.2, 0.25) is 0 Å². The first-order valence-electron chi connectivity index (χ1n) is 4.84. The largest absolute Gasteiger partial charge is 0.450 e. The van der Waals surface area contributed by atoms with E-state index < -0.39 is 0 Å². The Morgan fingerprint density at radius 2 is 2.23 bits per heavy atom. The van der Waals surface area contributed by atoms with Crippen molar-refractivity contribution in [2.75, 3.05) is 19.7 Å². The lowest BCUT2D eigenvalue weighted by Gasteiger charge is -2.29. The van der Waals surface area contributed by atoms with Crippen LogP contribution < -0.4 is 5.32 Å². The molecule has 0 aromatic rings. The predicted octanol–water partition coefficient (Wildman–Crippen LogP) is -0.255. The maximum atomic E-state index is 11.0. The Hall–Kier alpha value is -0.705. The Morgan fingerprint density at radius 1 is 1.62 bits per heavy atom. The molecular weight excluding hydrogens is 167 g/mol. The molecule has 4 nitrogen and oxygen atoms in total. The van der Waals surface area contributed by atoms with E-state index in [0.29, 0.717) is 12.6 Å². The molecule has 0 radical (unpaired) electrons. The van der Waals surface area contributed by atoms with E-state index in [1.54, 1.807) is 0 Å². The van der Waals surface area contributed by atoms with Crippen molar-refractivity contribution in [3.63, 3.8) is 0 Å². The number of carbonyl (C=O) groups excluding carboxylic acids is 1. The molecule has 0 unspecified atom stereocenters. The van der Waals surface area contributed by atoms with E-state index in [0.717, 1.165) is 25.9 Å². The van der Waals surface area contributed by atoms with Crippen LogP contribution in [0.15, 0.2) is 0 Å². The molecule has 1 saturated heterocycles. The van der Waals surface area contributed by atoms with Crippen LogP contribution in [0.2, 0.25) is 0 Å². The monoisotopic (exact) mass is 184 g/mol. The van der Waals surface area contributed by atoms with E-state index in [-0.39, 0.29) is 6.09 Å². The normalized spacial score (nSPS) is 19.8. The summed E-state index contributed by atoms with van der Waals surface area (Å²) in [4.78, 5) is 13.3. The number of alkyl carbamates (subject to hydrolysis) is 1. The summed E-state index contributed by atoms with van der Waals surface area (Å²) in [7, 11) is 2.10. The summed E-state index contributed by atoms with van der Waals surface area (Å²) in [5, 5.41) is 2.85. The fourth-order valence-electron chi connectivity index (χ4n) is 1.49. The molecular formula is C8H17BN2O2. The molecule has 0 aromatic heterocycles. The van der Waals surface area contributed by atoms with Crippen molar-refractivity contribution >= 4 is 14.1 Å². The van der Waals surface area contributed by atoms with Gasteiger partial charge in [-0.2, -0.15) is 0 Å². The van der Waals surface area contributed by atoms with Gasteiger partial charge in [-0.3, -0.25) is 0 Å². The smallest absolute Gasteiger partial charge is 0.407 e. The van der Waals surface area contributed by atoms with E-state index >= 15 is 0 Å². The number of rotatable bonds is 2. The lowest BCUT2D eigenvalue weighted by Crippen LogP contribution is -2.43. The number of ether oxygens (including phenoxy) is 1. The zero-order valence-electron chi connectivity index (χ0n) is 8.38. The average Bonchev–Trinajstić information content (AvgIpc) is 2.09. The molecule has 1 aliphatic heterocycles.